The molecule has 2 saturated heterocycles. The number of sulfone groups is 1. The van der Waals surface area contributed by atoms with E-state index >= 15 is 0 Å². The summed E-state index contributed by atoms with van der Waals surface area (Å²) in [5, 5.41) is 23.1. The second-order valence-corrected chi connectivity index (χ2v) is 22.0. The Labute approximate surface area is 428 Å². The maximum atomic E-state index is 13.7. The molecule has 4 N–H and O–H groups in total. The van der Waals surface area contributed by atoms with E-state index in [1.807, 2.05) is 118 Å². The van der Waals surface area contributed by atoms with E-state index in [4.69, 9.17) is 16.7 Å². The molecule has 0 amide bonds. The first kappa shape index (κ1) is 53.5. The number of aromatic carboxylic acids is 1. The lowest BCUT2D eigenvalue weighted by molar-refractivity contribution is -0.0435. The van der Waals surface area contributed by atoms with Crippen molar-refractivity contribution in [3.8, 4) is 22.4 Å². The Balaban J connectivity index is 0.000000741. The van der Waals surface area contributed by atoms with Crippen LogP contribution in [0.4, 0.5) is 35.9 Å². The minimum Gasteiger partial charge on any atom is -0.478 e. The molecule has 0 spiro atoms. The Kier molecular flexibility index (Phi) is 18.0. The van der Waals surface area contributed by atoms with Gasteiger partial charge in [-0.2, -0.15) is 13.2 Å². The lowest BCUT2D eigenvalue weighted by Gasteiger charge is -2.37. The van der Waals surface area contributed by atoms with Crippen molar-refractivity contribution in [2.45, 2.75) is 72.9 Å². The number of aromatic nitrogens is 1. The molecular formula is C53H60ClF3N6O5S3. The van der Waals surface area contributed by atoms with Crippen LogP contribution in [0.5, 0.6) is 0 Å². The summed E-state index contributed by atoms with van der Waals surface area (Å²) in [5.74, 6) is -0.464. The molecule has 0 radical (unpaired) electrons. The molecule has 378 valence electrons. The molecule has 1 aromatic heterocycles. The minimum absolute atomic E-state index is 0.00809. The molecule has 71 heavy (non-hydrogen) atoms. The Morgan fingerprint density at radius 1 is 0.803 bits per heavy atom. The number of nitrogens with zero attached hydrogens (tertiary/aromatic N) is 4. The van der Waals surface area contributed by atoms with Crippen molar-refractivity contribution in [3.05, 3.63) is 138 Å². The predicted molar refractivity (Wildman–Crippen MR) is 285 cm³/mol. The van der Waals surface area contributed by atoms with Gasteiger partial charge in [-0.05, 0) is 142 Å². The van der Waals surface area contributed by atoms with Gasteiger partial charge in [-0.25, -0.2) is 13.2 Å². The number of nitrogens with one attached hydrogen (secondary N) is 2. The second-order valence-electron chi connectivity index (χ2n) is 17.6. The third-order valence-corrected chi connectivity index (χ3v) is 16.2. The molecule has 3 heterocycles. The number of aliphatic hydroxyl groups excluding tert-OH is 1. The van der Waals surface area contributed by atoms with Crippen LogP contribution in [0.15, 0.2) is 136 Å². The van der Waals surface area contributed by atoms with Crippen LogP contribution in [0.1, 0.15) is 55.7 Å². The van der Waals surface area contributed by atoms with E-state index in [2.05, 4.69) is 42.3 Å². The number of anilines is 4. The number of aliphatic hydroxyl groups is 1. The van der Waals surface area contributed by atoms with E-state index in [-0.39, 0.29) is 29.9 Å². The second kappa shape index (κ2) is 23.9. The van der Waals surface area contributed by atoms with E-state index in [1.54, 1.807) is 6.07 Å². The maximum Gasteiger partial charge on any atom is 0.501 e. The molecule has 8 rings (SSSR count). The Morgan fingerprint density at radius 2 is 1.45 bits per heavy atom. The molecule has 18 heteroatoms. The topological polar surface area (TPSA) is 130 Å². The van der Waals surface area contributed by atoms with Gasteiger partial charge in [0.05, 0.1) is 23.0 Å². The van der Waals surface area contributed by atoms with Crippen LogP contribution in [-0.4, -0.2) is 104 Å². The Morgan fingerprint density at radius 3 is 2.06 bits per heavy atom. The monoisotopic (exact) mass is 1050 g/mol. The highest BCUT2D eigenvalue weighted by molar-refractivity contribution is 8.00. The Bertz CT molecular complexity index is 2840. The van der Waals surface area contributed by atoms with Crippen molar-refractivity contribution in [2.24, 2.45) is 0 Å². The zero-order chi connectivity index (χ0) is 50.9. The molecule has 0 unspecified atom stereocenters. The number of piperazine rings is 1. The molecular weight excluding hydrogens is 989 g/mol. The first-order valence-corrected chi connectivity index (χ1v) is 27.3. The number of halogens is 4. The minimum atomic E-state index is -5.62. The summed E-state index contributed by atoms with van der Waals surface area (Å²) >= 11 is 8.77. The zero-order valence-corrected chi connectivity index (χ0v) is 43.3. The van der Waals surface area contributed by atoms with Gasteiger partial charge in [0.2, 0.25) is 0 Å². The number of rotatable bonds is 16. The normalized spacial score (nSPS) is 14.8. The van der Waals surface area contributed by atoms with E-state index in [9.17, 15) is 31.5 Å². The van der Waals surface area contributed by atoms with Crippen LogP contribution in [0.3, 0.4) is 0 Å². The molecule has 6 aromatic rings. The van der Waals surface area contributed by atoms with E-state index < -0.39 is 26.2 Å². The first-order valence-electron chi connectivity index (χ1n) is 23.6. The van der Waals surface area contributed by atoms with Crippen LogP contribution in [-0.2, 0) is 9.84 Å². The molecule has 2 aliphatic rings. The zero-order valence-electron chi connectivity index (χ0n) is 40.1. The molecule has 0 atom stereocenters. The lowest BCUT2D eigenvalue weighted by atomic mass is 9.96. The van der Waals surface area contributed by atoms with E-state index in [1.165, 1.54) is 17.8 Å². The molecule has 5 aromatic carbocycles. The quantitative estimate of drug-likeness (QED) is 0.0418. The summed E-state index contributed by atoms with van der Waals surface area (Å²) in [4.78, 5) is 20.2. The van der Waals surface area contributed by atoms with Gasteiger partial charge in [-0.15, -0.1) is 11.8 Å². The number of alkyl halides is 3. The molecule has 2 aliphatic heterocycles. The summed E-state index contributed by atoms with van der Waals surface area (Å²) in [6, 6.07) is 36.7. The van der Waals surface area contributed by atoms with Crippen LogP contribution < -0.4 is 19.8 Å². The van der Waals surface area contributed by atoms with Gasteiger partial charge in [-0.1, -0.05) is 61.0 Å². The van der Waals surface area contributed by atoms with Gasteiger partial charge < -0.3 is 39.5 Å². The smallest absolute Gasteiger partial charge is 0.478 e. The molecule has 0 aliphatic carbocycles. The lowest BCUT2D eigenvalue weighted by Crippen LogP contribution is -2.46. The number of hydrogen-bond donors (Lipinski definition) is 4. The summed E-state index contributed by atoms with van der Waals surface area (Å²) in [6.45, 7) is 14.6. The maximum absolute atomic E-state index is 13.7. The van der Waals surface area contributed by atoms with Gasteiger partial charge in [0.15, 0.2) is 0 Å². The standard InChI is InChI=1S/C46H45ClF3N5O4S3.C7H15NO/c1-30(2)55-31(3)42(45(56)57)43(44(55)32-12-14-34(47)15-13-32)33-8-7-9-37(28-33)54-25-23-53(24-26-54)36-18-16-35(17-19-36)52-61-39-20-21-40(41(29-39)62(58,59)46(48,49)50)51-22-27-60-38-10-5-4-6-11-38;1-2-8-5-3-7(9)4-6-8/h4-21,28-30,51-52H,22-27H2,1-3H3,(H,56,57);7,9H,2-6H2,1H3. The van der Waals surface area contributed by atoms with Crippen molar-refractivity contribution in [3.63, 3.8) is 0 Å². The van der Waals surface area contributed by atoms with Crippen molar-refractivity contribution >= 4 is 73.9 Å². The number of piperidine rings is 1. The third-order valence-electron chi connectivity index (χ3n) is 12.6. The van der Waals surface area contributed by atoms with E-state index in [0.717, 1.165) is 110 Å². The van der Waals surface area contributed by atoms with Crippen LogP contribution in [0, 0.1) is 6.92 Å². The predicted octanol–water partition coefficient (Wildman–Crippen LogP) is 12.5. The van der Waals surface area contributed by atoms with Gasteiger partial charge in [-0.3, -0.25) is 0 Å². The summed E-state index contributed by atoms with van der Waals surface area (Å²) in [6.07, 6.45) is 1.91. The number of carboxylic acid groups (broad SMARTS) is 1. The molecule has 2 fully saturated rings. The van der Waals surface area contributed by atoms with Crippen molar-refractivity contribution in [2.75, 3.05) is 77.9 Å². The molecule has 11 nitrogen and oxygen atoms in total. The number of benzene rings is 5. The van der Waals surface area contributed by atoms with Crippen LogP contribution >= 0.6 is 35.3 Å². The summed E-state index contributed by atoms with van der Waals surface area (Å²) < 4.78 is 71.7. The largest absolute Gasteiger partial charge is 0.501 e. The molecule has 0 bridgehead atoms. The average molecular weight is 1050 g/mol. The fourth-order valence-electron chi connectivity index (χ4n) is 8.89. The summed E-state index contributed by atoms with van der Waals surface area (Å²) in [5.41, 5.74) is 1.27. The van der Waals surface area contributed by atoms with Crippen molar-refractivity contribution in [1.29, 1.82) is 0 Å². The molecule has 0 saturated carbocycles. The highest BCUT2D eigenvalue weighted by atomic mass is 35.5. The SMILES string of the molecule is CCN1CCC(O)CC1.Cc1c(C(=O)O)c(-c2cccc(N3CCN(c4ccc(NSc5ccc(NCCSc6ccccc6)c(S(=O)(=O)C(F)(F)F)c5)cc4)CC3)c2)c(-c2ccc(Cl)cc2)n1C(C)C. The highest BCUT2D eigenvalue weighted by Crippen LogP contribution is 2.43. The van der Waals surface area contributed by atoms with Gasteiger partial charge in [0, 0.05) is 101 Å². The van der Waals surface area contributed by atoms with Crippen LogP contribution in [0.2, 0.25) is 5.02 Å². The summed E-state index contributed by atoms with van der Waals surface area (Å²) in [7, 11) is -5.62. The van der Waals surface area contributed by atoms with Crippen LogP contribution in [0.25, 0.3) is 22.4 Å². The van der Waals surface area contributed by atoms with Crippen molar-refractivity contribution in [1.82, 2.24) is 9.47 Å². The number of likely N-dealkylation sites (tertiary alicyclic amines) is 1. The van der Waals surface area contributed by atoms with Crippen molar-refractivity contribution < 1.29 is 36.6 Å². The van der Waals surface area contributed by atoms with E-state index in [0.29, 0.717) is 32.6 Å². The van der Waals surface area contributed by atoms with Gasteiger partial charge >= 0.3 is 11.5 Å². The number of thioether (sulfide) groups is 1. The third kappa shape index (κ3) is 13.2. The fraction of sp³-hybridized carbons (Fsp3) is 0.340. The average Bonchev–Trinajstić information content (AvgIpc) is 3.69. The van der Waals surface area contributed by atoms with Gasteiger partial charge in [0.1, 0.15) is 4.90 Å². The van der Waals surface area contributed by atoms with Gasteiger partial charge in [0.25, 0.3) is 9.84 Å². The number of carbonyl (C=O) groups is 1. The fourth-order valence-corrected chi connectivity index (χ4v) is 11.5. The number of hydrogen-bond acceptors (Lipinski definition) is 11. The number of carboxylic acids is 1. The first-order chi connectivity index (χ1) is 33.9. The highest BCUT2D eigenvalue weighted by Gasteiger charge is 2.48. The Hall–Kier alpha value is -5.30.